The number of hydrogen-bond acceptors (Lipinski definition) is 4. The van der Waals surface area contributed by atoms with Crippen LogP contribution in [-0.2, 0) is 4.74 Å². The highest BCUT2D eigenvalue weighted by molar-refractivity contribution is 5.67. The lowest BCUT2D eigenvalue weighted by Crippen LogP contribution is -2.35. The first-order valence-electron chi connectivity index (χ1n) is 7.55. The summed E-state index contributed by atoms with van der Waals surface area (Å²) in [6, 6.07) is 0.152. The Balaban J connectivity index is 3.61. The van der Waals surface area contributed by atoms with Gasteiger partial charge in [-0.1, -0.05) is 20.3 Å². The topological polar surface area (TPSA) is 70.6 Å². The van der Waals surface area contributed by atoms with Gasteiger partial charge in [0.25, 0.3) is 0 Å². The van der Waals surface area contributed by atoms with E-state index in [1.165, 1.54) is 0 Å². The molecule has 120 valence electrons. The number of amides is 1. The number of ether oxygens (including phenoxy) is 1. The zero-order valence-corrected chi connectivity index (χ0v) is 13.7. The molecule has 0 bridgehead atoms. The zero-order chi connectivity index (χ0) is 15.6. The summed E-state index contributed by atoms with van der Waals surface area (Å²) in [4.78, 5) is 11.4. The molecule has 5 heteroatoms. The number of rotatable bonds is 9. The SMILES string of the molecule is CC(C)CN[C@H](CO)CCCCNC(=O)OC(C)(C)C. The third-order valence-electron chi connectivity index (χ3n) is 2.68. The minimum absolute atomic E-state index is 0.152. The van der Waals surface area contributed by atoms with E-state index in [1.807, 2.05) is 20.8 Å². The minimum Gasteiger partial charge on any atom is -0.444 e. The molecule has 5 nitrogen and oxygen atoms in total. The van der Waals surface area contributed by atoms with Crippen LogP contribution in [0.2, 0.25) is 0 Å². The Hall–Kier alpha value is -0.810. The second kappa shape index (κ2) is 10.00. The molecule has 0 aromatic rings. The fourth-order valence-electron chi connectivity index (χ4n) is 1.68. The van der Waals surface area contributed by atoms with Gasteiger partial charge in [0.2, 0.25) is 0 Å². The molecule has 0 aliphatic carbocycles. The van der Waals surface area contributed by atoms with Gasteiger partial charge in [0.1, 0.15) is 5.60 Å². The van der Waals surface area contributed by atoms with Crippen LogP contribution < -0.4 is 10.6 Å². The summed E-state index contributed by atoms with van der Waals surface area (Å²) in [7, 11) is 0. The Labute approximate surface area is 123 Å². The molecule has 0 aliphatic heterocycles. The highest BCUT2D eigenvalue weighted by Crippen LogP contribution is 2.06. The Bertz CT molecular complexity index is 262. The predicted octanol–water partition coefficient (Wildman–Crippen LogP) is 2.29. The van der Waals surface area contributed by atoms with Crippen molar-refractivity contribution >= 4 is 6.09 Å². The van der Waals surface area contributed by atoms with Crippen LogP contribution in [0.15, 0.2) is 0 Å². The van der Waals surface area contributed by atoms with Gasteiger partial charge in [-0.15, -0.1) is 0 Å². The molecular weight excluding hydrogens is 256 g/mol. The largest absolute Gasteiger partial charge is 0.444 e. The molecule has 20 heavy (non-hydrogen) atoms. The van der Waals surface area contributed by atoms with Crippen molar-refractivity contribution in [2.24, 2.45) is 5.92 Å². The molecule has 0 heterocycles. The van der Waals surface area contributed by atoms with Crippen molar-refractivity contribution in [3.63, 3.8) is 0 Å². The van der Waals surface area contributed by atoms with Crippen molar-refractivity contribution in [2.75, 3.05) is 19.7 Å². The van der Waals surface area contributed by atoms with Crippen LogP contribution in [0, 0.1) is 5.92 Å². The summed E-state index contributed by atoms with van der Waals surface area (Å²) < 4.78 is 5.15. The lowest BCUT2D eigenvalue weighted by atomic mass is 10.1. The molecule has 0 saturated heterocycles. The van der Waals surface area contributed by atoms with Crippen molar-refractivity contribution < 1.29 is 14.6 Å². The number of nitrogens with one attached hydrogen (secondary N) is 2. The lowest BCUT2D eigenvalue weighted by molar-refractivity contribution is 0.0526. The van der Waals surface area contributed by atoms with E-state index in [2.05, 4.69) is 24.5 Å². The number of aliphatic hydroxyl groups excluding tert-OH is 1. The standard InChI is InChI=1S/C15H32N2O3/c1-12(2)10-17-13(11-18)8-6-7-9-16-14(19)20-15(3,4)5/h12-13,17-18H,6-11H2,1-5H3,(H,16,19)/t13-/m0/s1. The number of carbonyl (C=O) groups excluding carboxylic acids is 1. The maximum atomic E-state index is 11.4. The third kappa shape index (κ3) is 12.2. The molecule has 0 radical (unpaired) electrons. The van der Waals surface area contributed by atoms with E-state index in [0.717, 1.165) is 25.8 Å². The molecule has 0 aliphatic rings. The van der Waals surface area contributed by atoms with Crippen molar-refractivity contribution in [1.29, 1.82) is 0 Å². The Morgan fingerprint density at radius 3 is 2.40 bits per heavy atom. The molecule has 1 amide bonds. The summed E-state index contributed by atoms with van der Waals surface area (Å²) >= 11 is 0. The minimum atomic E-state index is -0.452. The molecule has 0 saturated carbocycles. The van der Waals surface area contributed by atoms with Gasteiger partial charge in [-0.25, -0.2) is 4.79 Å². The first kappa shape index (κ1) is 19.2. The van der Waals surface area contributed by atoms with Crippen LogP contribution in [0.3, 0.4) is 0 Å². The van der Waals surface area contributed by atoms with Gasteiger partial charge in [0.05, 0.1) is 6.61 Å². The van der Waals surface area contributed by atoms with Gasteiger partial charge in [0.15, 0.2) is 0 Å². The summed E-state index contributed by atoms with van der Waals surface area (Å²) in [5.74, 6) is 0.581. The van der Waals surface area contributed by atoms with E-state index in [-0.39, 0.29) is 18.7 Å². The molecule has 0 unspecified atom stereocenters. The molecule has 0 spiro atoms. The number of alkyl carbamates (subject to hydrolysis) is 1. The molecule has 1 atom stereocenters. The molecule has 0 rings (SSSR count). The van der Waals surface area contributed by atoms with Crippen molar-refractivity contribution in [3.8, 4) is 0 Å². The van der Waals surface area contributed by atoms with Crippen LogP contribution in [0.5, 0.6) is 0 Å². The molecule has 3 N–H and O–H groups in total. The smallest absolute Gasteiger partial charge is 0.407 e. The van der Waals surface area contributed by atoms with E-state index in [4.69, 9.17) is 4.74 Å². The van der Waals surface area contributed by atoms with Gasteiger partial charge in [-0.2, -0.15) is 0 Å². The monoisotopic (exact) mass is 288 g/mol. The van der Waals surface area contributed by atoms with Gasteiger partial charge in [0, 0.05) is 12.6 Å². The van der Waals surface area contributed by atoms with Crippen LogP contribution in [0.25, 0.3) is 0 Å². The van der Waals surface area contributed by atoms with Crippen molar-refractivity contribution in [3.05, 3.63) is 0 Å². The quantitative estimate of drug-likeness (QED) is 0.569. The van der Waals surface area contributed by atoms with Gasteiger partial charge < -0.3 is 20.5 Å². The van der Waals surface area contributed by atoms with Crippen molar-refractivity contribution in [1.82, 2.24) is 10.6 Å². The van der Waals surface area contributed by atoms with Crippen molar-refractivity contribution in [2.45, 2.75) is 65.5 Å². The average molecular weight is 288 g/mol. The van der Waals surface area contributed by atoms with E-state index >= 15 is 0 Å². The van der Waals surface area contributed by atoms with Crippen LogP contribution in [-0.4, -0.2) is 42.5 Å². The Morgan fingerprint density at radius 2 is 1.90 bits per heavy atom. The number of hydrogen-bond donors (Lipinski definition) is 3. The summed E-state index contributed by atoms with van der Waals surface area (Å²) in [6.45, 7) is 11.5. The predicted molar refractivity (Wildman–Crippen MR) is 81.8 cm³/mol. The fraction of sp³-hybridized carbons (Fsp3) is 0.933. The summed E-state index contributed by atoms with van der Waals surface area (Å²) in [5, 5.41) is 15.3. The second-order valence-electron chi connectivity index (χ2n) is 6.61. The van der Waals surface area contributed by atoms with E-state index in [1.54, 1.807) is 0 Å². The van der Waals surface area contributed by atoms with E-state index in [9.17, 15) is 9.90 Å². The third-order valence-corrected chi connectivity index (χ3v) is 2.68. The first-order chi connectivity index (χ1) is 9.24. The highest BCUT2D eigenvalue weighted by Gasteiger charge is 2.15. The number of aliphatic hydroxyl groups is 1. The normalized spacial score (nSPS) is 13.3. The number of unbranched alkanes of at least 4 members (excludes halogenated alkanes) is 1. The number of carbonyl (C=O) groups is 1. The molecule has 0 fully saturated rings. The van der Waals surface area contributed by atoms with Crippen LogP contribution >= 0.6 is 0 Å². The highest BCUT2D eigenvalue weighted by atomic mass is 16.6. The Morgan fingerprint density at radius 1 is 1.25 bits per heavy atom. The average Bonchev–Trinajstić information content (AvgIpc) is 2.30. The summed E-state index contributed by atoms with van der Waals surface area (Å²) in [5.41, 5.74) is -0.452. The van der Waals surface area contributed by atoms with Crippen LogP contribution in [0.1, 0.15) is 53.9 Å². The van der Waals surface area contributed by atoms with E-state index in [0.29, 0.717) is 12.5 Å². The molecule has 0 aromatic carbocycles. The van der Waals surface area contributed by atoms with Crippen LogP contribution in [0.4, 0.5) is 4.79 Å². The van der Waals surface area contributed by atoms with Gasteiger partial charge >= 0.3 is 6.09 Å². The molecule has 0 aromatic heterocycles. The molecular formula is C15H32N2O3. The fourth-order valence-corrected chi connectivity index (χ4v) is 1.68. The zero-order valence-electron chi connectivity index (χ0n) is 13.7. The maximum absolute atomic E-state index is 11.4. The first-order valence-corrected chi connectivity index (χ1v) is 7.55. The van der Waals surface area contributed by atoms with Gasteiger partial charge in [-0.3, -0.25) is 0 Å². The lowest BCUT2D eigenvalue weighted by Gasteiger charge is -2.20. The second-order valence-corrected chi connectivity index (χ2v) is 6.61. The Kier molecular flexibility index (Phi) is 9.59. The van der Waals surface area contributed by atoms with Gasteiger partial charge in [-0.05, 0) is 46.1 Å². The van der Waals surface area contributed by atoms with E-state index < -0.39 is 5.60 Å². The summed E-state index contributed by atoms with van der Waals surface area (Å²) in [6.07, 6.45) is 2.40. The maximum Gasteiger partial charge on any atom is 0.407 e.